The standard InChI is InChI=1S/C30H39N3O10S/c31-28(35)19-40-22-11-6-12-23(16-22)44(37,38)33(43-21-9-4-5-10-21)17-26(34)25(15-20-7-2-1-3-8-20)32-30(36)42-27-18-41-29-24(27)13-14-39-29/h1-3,6-8,11-12,16,21,24-27,29,34H,4-5,9-10,13-15,17-19H2,(H2,31,35)(H,32,36)/t24-,25?,26+,27-,29+/m0/s1. The normalized spacial score (nSPS) is 23.3. The van der Waals surface area contributed by atoms with E-state index in [1.165, 1.54) is 24.3 Å². The van der Waals surface area contributed by atoms with Crippen LogP contribution in [0.4, 0.5) is 4.79 Å². The van der Waals surface area contributed by atoms with Crippen molar-refractivity contribution in [1.29, 1.82) is 0 Å². The fourth-order valence-corrected chi connectivity index (χ4v) is 6.99. The summed E-state index contributed by atoms with van der Waals surface area (Å²) in [5, 5.41) is 14.3. The molecule has 3 fully saturated rings. The summed E-state index contributed by atoms with van der Waals surface area (Å²) in [6, 6.07) is 13.9. The number of amides is 2. The largest absolute Gasteiger partial charge is 0.484 e. The smallest absolute Gasteiger partial charge is 0.407 e. The summed E-state index contributed by atoms with van der Waals surface area (Å²) in [4.78, 5) is 30.1. The molecule has 240 valence electrons. The van der Waals surface area contributed by atoms with Crippen LogP contribution < -0.4 is 15.8 Å². The molecule has 0 aromatic heterocycles. The zero-order valence-electron chi connectivity index (χ0n) is 24.3. The Morgan fingerprint density at radius 2 is 1.84 bits per heavy atom. The van der Waals surface area contributed by atoms with Crippen LogP contribution in [0.5, 0.6) is 5.75 Å². The van der Waals surface area contributed by atoms with Gasteiger partial charge in [0.25, 0.3) is 15.9 Å². The van der Waals surface area contributed by atoms with Crippen molar-refractivity contribution in [1.82, 2.24) is 9.79 Å². The number of rotatable bonds is 14. The van der Waals surface area contributed by atoms with Crippen molar-refractivity contribution in [2.75, 3.05) is 26.4 Å². The molecule has 5 atom stereocenters. The lowest BCUT2D eigenvalue weighted by atomic mass is 10.0. The van der Waals surface area contributed by atoms with E-state index in [0.29, 0.717) is 25.9 Å². The molecule has 13 nitrogen and oxygen atoms in total. The Morgan fingerprint density at radius 3 is 2.59 bits per heavy atom. The number of ether oxygens (including phenoxy) is 4. The van der Waals surface area contributed by atoms with E-state index in [-0.39, 0.29) is 35.7 Å². The van der Waals surface area contributed by atoms with Crippen LogP contribution in [-0.4, -0.2) is 87.0 Å². The number of nitrogens with one attached hydrogen (secondary N) is 1. The molecule has 5 rings (SSSR count). The molecule has 44 heavy (non-hydrogen) atoms. The molecule has 1 saturated carbocycles. The Bertz CT molecular complexity index is 1370. The maximum Gasteiger partial charge on any atom is 0.407 e. The number of nitrogens with zero attached hydrogens (tertiary/aromatic N) is 1. The molecule has 14 heteroatoms. The van der Waals surface area contributed by atoms with Crippen LogP contribution in [0.15, 0.2) is 59.5 Å². The van der Waals surface area contributed by atoms with Gasteiger partial charge in [-0.3, -0.25) is 9.63 Å². The number of carbonyl (C=O) groups excluding carboxylic acids is 2. The monoisotopic (exact) mass is 633 g/mol. The van der Waals surface area contributed by atoms with Crippen molar-refractivity contribution in [3.05, 3.63) is 60.2 Å². The summed E-state index contributed by atoms with van der Waals surface area (Å²) < 4.78 is 50.6. The number of aliphatic hydroxyl groups excluding tert-OH is 1. The first-order valence-electron chi connectivity index (χ1n) is 14.8. The summed E-state index contributed by atoms with van der Waals surface area (Å²) in [7, 11) is -4.33. The van der Waals surface area contributed by atoms with Gasteiger partial charge in [0.1, 0.15) is 11.9 Å². The van der Waals surface area contributed by atoms with E-state index in [1.54, 1.807) is 0 Å². The second-order valence-corrected chi connectivity index (χ2v) is 13.0. The van der Waals surface area contributed by atoms with E-state index in [2.05, 4.69) is 5.32 Å². The predicted octanol–water partition coefficient (Wildman–Crippen LogP) is 1.88. The Morgan fingerprint density at radius 1 is 1.07 bits per heavy atom. The first-order chi connectivity index (χ1) is 21.2. The molecule has 0 radical (unpaired) electrons. The van der Waals surface area contributed by atoms with E-state index in [4.69, 9.17) is 29.5 Å². The summed E-state index contributed by atoms with van der Waals surface area (Å²) in [5.74, 6) is -0.648. The first-order valence-corrected chi connectivity index (χ1v) is 16.3. The van der Waals surface area contributed by atoms with Gasteiger partial charge < -0.3 is 35.1 Å². The van der Waals surface area contributed by atoms with E-state index in [9.17, 15) is 23.1 Å². The van der Waals surface area contributed by atoms with Gasteiger partial charge in [0.05, 0.1) is 48.8 Å². The van der Waals surface area contributed by atoms with Gasteiger partial charge in [0.2, 0.25) is 0 Å². The van der Waals surface area contributed by atoms with E-state index < -0.39 is 59.7 Å². The molecule has 2 aliphatic heterocycles. The topological polar surface area (TPSA) is 176 Å². The average molecular weight is 634 g/mol. The van der Waals surface area contributed by atoms with Gasteiger partial charge >= 0.3 is 6.09 Å². The lowest BCUT2D eigenvalue weighted by Gasteiger charge is -2.31. The van der Waals surface area contributed by atoms with Crippen molar-refractivity contribution in [2.45, 2.75) is 74.1 Å². The highest BCUT2D eigenvalue weighted by molar-refractivity contribution is 7.89. The molecule has 2 amide bonds. The first kappa shape index (κ1) is 32.1. The number of hydroxylamine groups is 1. The van der Waals surface area contributed by atoms with Crippen LogP contribution in [0.3, 0.4) is 0 Å². The van der Waals surface area contributed by atoms with Crippen molar-refractivity contribution >= 4 is 22.0 Å². The van der Waals surface area contributed by atoms with Crippen LogP contribution in [-0.2, 0) is 40.3 Å². The third-order valence-electron chi connectivity index (χ3n) is 7.97. The fraction of sp³-hybridized carbons (Fsp3) is 0.533. The summed E-state index contributed by atoms with van der Waals surface area (Å²) in [5.41, 5.74) is 5.97. The second-order valence-electron chi connectivity index (χ2n) is 11.2. The molecular weight excluding hydrogens is 594 g/mol. The molecule has 1 aliphatic carbocycles. The highest BCUT2D eigenvalue weighted by Gasteiger charge is 2.44. The molecular formula is C30H39N3O10S. The highest BCUT2D eigenvalue weighted by atomic mass is 32.2. The summed E-state index contributed by atoms with van der Waals surface area (Å²) in [6.45, 7) is -0.168. The van der Waals surface area contributed by atoms with E-state index in [0.717, 1.165) is 22.9 Å². The number of hydrogen-bond acceptors (Lipinski definition) is 10. The lowest BCUT2D eigenvalue weighted by molar-refractivity contribution is -0.145. The number of carbonyl (C=O) groups is 2. The zero-order chi connectivity index (χ0) is 31.1. The summed E-state index contributed by atoms with van der Waals surface area (Å²) >= 11 is 0. The number of sulfonamides is 1. The lowest BCUT2D eigenvalue weighted by Crippen LogP contribution is -2.51. The van der Waals surface area contributed by atoms with Gasteiger partial charge in [0.15, 0.2) is 12.9 Å². The number of primary amides is 1. The number of hydrogen-bond donors (Lipinski definition) is 3. The van der Waals surface area contributed by atoms with Crippen LogP contribution in [0.1, 0.15) is 37.7 Å². The van der Waals surface area contributed by atoms with Gasteiger partial charge in [-0.25, -0.2) is 13.2 Å². The number of aliphatic hydroxyl groups is 1. The van der Waals surface area contributed by atoms with E-state index >= 15 is 0 Å². The quantitative estimate of drug-likeness (QED) is 0.261. The minimum Gasteiger partial charge on any atom is -0.484 e. The van der Waals surface area contributed by atoms with Gasteiger partial charge in [-0.05, 0) is 43.4 Å². The average Bonchev–Trinajstić information content (AvgIpc) is 3.77. The number of alkyl carbamates (subject to hydrolysis) is 1. The summed E-state index contributed by atoms with van der Waals surface area (Å²) in [6.07, 6.45) is 0.605. The minimum atomic E-state index is -4.33. The van der Waals surface area contributed by atoms with Gasteiger partial charge in [-0.2, -0.15) is 0 Å². The number of nitrogens with two attached hydrogens (primary N) is 1. The van der Waals surface area contributed by atoms with Crippen LogP contribution in [0.25, 0.3) is 0 Å². The van der Waals surface area contributed by atoms with Crippen LogP contribution >= 0.6 is 0 Å². The molecule has 4 N–H and O–H groups in total. The minimum absolute atomic E-state index is 0.0681. The van der Waals surface area contributed by atoms with E-state index in [1.807, 2.05) is 30.3 Å². The number of benzene rings is 2. The molecule has 2 aromatic carbocycles. The Kier molecular flexibility index (Phi) is 10.7. The van der Waals surface area contributed by atoms with Crippen molar-refractivity contribution in [3.8, 4) is 5.75 Å². The number of fused-ring (bicyclic) bond motifs is 1. The maximum absolute atomic E-state index is 13.9. The molecule has 2 saturated heterocycles. The molecule has 2 heterocycles. The second kappa shape index (κ2) is 14.7. The molecule has 1 unspecified atom stereocenters. The Balaban J connectivity index is 1.34. The molecule has 3 aliphatic rings. The van der Waals surface area contributed by atoms with Gasteiger partial charge in [-0.1, -0.05) is 53.7 Å². The zero-order valence-corrected chi connectivity index (χ0v) is 25.1. The third kappa shape index (κ3) is 8.25. The van der Waals surface area contributed by atoms with Crippen LogP contribution in [0, 0.1) is 5.92 Å². The Hall–Kier alpha value is -3.27. The fourth-order valence-electron chi connectivity index (χ4n) is 5.66. The predicted molar refractivity (Wildman–Crippen MR) is 156 cm³/mol. The van der Waals surface area contributed by atoms with Gasteiger partial charge in [0, 0.05) is 6.07 Å². The maximum atomic E-state index is 13.9. The Labute approximate surface area is 256 Å². The molecule has 0 bridgehead atoms. The van der Waals surface area contributed by atoms with Crippen molar-refractivity contribution in [3.63, 3.8) is 0 Å². The van der Waals surface area contributed by atoms with Crippen molar-refractivity contribution in [2.24, 2.45) is 11.7 Å². The highest BCUT2D eigenvalue weighted by Crippen LogP contribution is 2.33. The van der Waals surface area contributed by atoms with Gasteiger partial charge in [-0.15, -0.1) is 0 Å². The van der Waals surface area contributed by atoms with Crippen molar-refractivity contribution < 1.29 is 46.9 Å². The third-order valence-corrected chi connectivity index (χ3v) is 9.59. The SMILES string of the molecule is NC(=O)COc1cccc(S(=O)(=O)N(C[C@@H](O)C(Cc2ccccc2)NC(=O)O[C@H]2CO[C@H]3OCC[C@H]32)OC2CCCC2)c1. The van der Waals surface area contributed by atoms with Crippen LogP contribution in [0.2, 0.25) is 0 Å². The molecule has 2 aromatic rings. The molecule has 0 spiro atoms.